The van der Waals surface area contributed by atoms with Gasteiger partial charge in [0.15, 0.2) is 5.96 Å². The molecule has 2 aromatic heterocycles. The summed E-state index contributed by atoms with van der Waals surface area (Å²) in [5.74, 6) is 1.86. The summed E-state index contributed by atoms with van der Waals surface area (Å²) in [7, 11) is 0. The smallest absolute Gasteiger partial charge is 0.226 e. The molecular weight excluding hydrogens is 356 g/mol. The molecule has 27 heavy (non-hydrogen) atoms. The maximum Gasteiger partial charge on any atom is 0.226 e. The van der Waals surface area contributed by atoms with Crippen molar-refractivity contribution in [3.05, 3.63) is 64.2 Å². The van der Waals surface area contributed by atoms with Crippen molar-refractivity contribution < 1.29 is 4.42 Å². The van der Waals surface area contributed by atoms with Gasteiger partial charge in [-0.1, -0.05) is 30.7 Å². The second-order valence-electron chi connectivity index (χ2n) is 6.50. The topological polar surface area (TPSA) is 62.5 Å². The van der Waals surface area contributed by atoms with Gasteiger partial charge in [0.05, 0.1) is 6.54 Å². The Hall–Kier alpha value is -2.60. The van der Waals surface area contributed by atoms with Gasteiger partial charge in [0.1, 0.15) is 12.0 Å². The van der Waals surface area contributed by atoms with Crippen molar-refractivity contribution in [3.63, 3.8) is 0 Å². The largest absolute Gasteiger partial charge is 0.444 e. The van der Waals surface area contributed by atoms with Crippen LogP contribution in [0.25, 0.3) is 11.5 Å². The molecule has 2 heterocycles. The number of hydrogen-bond acceptors (Lipinski definition) is 4. The maximum atomic E-state index is 5.61. The van der Waals surface area contributed by atoms with Gasteiger partial charge in [0, 0.05) is 29.4 Å². The molecule has 0 saturated carbocycles. The minimum Gasteiger partial charge on any atom is -0.444 e. The number of nitrogens with one attached hydrogen (secondary N) is 2. The summed E-state index contributed by atoms with van der Waals surface area (Å²) in [6, 6.07) is 12.4. The molecule has 0 radical (unpaired) electrons. The van der Waals surface area contributed by atoms with Crippen LogP contribution in [0.15, 0.2) is 57.5 Å². The van der Waals surface area contributed by atoms with E-state index in [4.69, 9.17) is 4.42 Å². The lowest BCUT2D eigenvalue weighted by Gasteiger charge is -2.14. The van der Waals surface area contributed by atoms with Crippen molar-refractivity contribution in [3.8, 4) is 11.5 Å². The molecule has 0 spiro atoms. The average Bonchev–Trinajstić information content (AvgIpc) is 3.36. The van der Waals surface area contributed by atoms with E-state index in [9.17, 15) is 0 Å². The summed E-state index contributed by atoms with van der Waals surface area (Å²) in [5, 5.41) is 8.81. The normalized spacial score (nSPS) is 12.8. The van der Waals surface area contributed by atoms with Crippen molar-refractivity contribution in [1.29, 1.82) is 0 Å². The first-order valence-electron chi connectivity index (χ1n) is 9.22. The SMILES string of the molecule is CCNC(=NCc1coc(-c2ccc(C)cc2)n1)NCC(C)c1cccs1. The first-order valence-corrected chi connectivity index (χ1v) is 10.1. The van der Waals surface area contributed by atoms with E-state index >= 15 is 0 Å². The lowest BCUT2D eigenvalue weighted by Crippen LogP contribution is -2.39. The summed E-state index contributed by atoms with van der Waals surface area (Å²) in [6.07, 6.45) is 1.68. The highest BCUT2D eigenvalue weighted by Crippen LogP contribution is 2.20. The van der Waals surface area contributed by atoms with E-state index in [0.29, 0.717) is 18.4 Å². The minimum absolute atomic E-state index is 0.439. The summed E-state index contributed by atoms with van der Waals surface area (Å²) in [4.78, 5) is 10.6. The van der Waals surface area contributed by atoms with Crippen molar-refractivity contribution in [2.24, 2.45) is 4.99 Å². The van der Waals surface area contributed by atoms with Crippen LogP contribution in [0.4, 0.5) is 0 Å². The number of aromatic nitrogens is 1. The molecule has 2 N–H and O–H groups in total. The fraction of sp³-hybridized carbons (Fsp3) is 0.333. The van der Waals surface area contributed by atoms with Crippen LogP contribution in [0.3, 0.4) is 0 Å². The molecule has 1 aromatic carbocycles. The number of rotatable bonds is 7. The molecule has 0 bridgehead atoms. The Labute approximate surface area is 164 Å². The van der Waals surface area contributed by atoms with Gasteiger partial charge in [-0.15, -0.1) is 11.3 Å². The molecule has 142 valence electrons. The highest BCUT2D eigenvalue weighted by Gasteiger charge is 2.09. The van der Waals surface area contributed by atoms with Gasteiger partial charge in [-0.3, -0.25) is 0 Å². The molecule has 0 fully saturated rings. The molecule has 6 heteroatoms. The molecule has 3 aromatic rings. The molecule has 0 aliphatic rings. The van der Waals surface area contributed by atoms with E-state index in [0.717, 1.165) is 30.3 Å². The van der Waals surface area contributed by atoms with Crippen LogP contribution >= 0.6 is 11.3 Å². The molecule has 1 atom stereocenters. The van der Waals surface area contributed by atoms with Gasteiger partial charge in [-0.05, 0) is 37.4 Å². The number of hydrogen-bond donors (Lipinski definition) is 2. The third kappa shape index (κ3) is 5.44. The predicted octanol–water partition coefficient (Wildman–Crippen LogP) is 4.57. The number of aryl methyl sites for hydroxylation is 1. The van der Waals surface area contributed by atoms with Gasteiger partial charge in [0.25, 0.3) is 0 Å². The standard InChI is InChI=1S/C21H26N4OS/c1-4-22-21(23-12-16(3)19-6-5-11-27-19)24-13-18-14-26-20(25-18)17-9-7-15(2)8-10-17/h5-11,14,16H,4,12-13H2,1-3H3,(H2,22,23,24). The molecule has 0 aliphatic heterocycles. The Morgan fingerprint density at radius 2 is 2.04 bits per heavy atom. The van der Waals surface area contributed by atoms with E-state index < -0.39 is 0 Å². The average molecular weight is 383 g/mol. The molecule has 0 amide bonds. The number of nitrogens with zero attached hydrogens (tertiary/aromatic N) is 2. The molecule has 5 nitrogen and oxygen atoms in total. The van der Waals surface area contributed by atoms with Crippen molar-refractivity contribution in [2.45, 2.75) is 33.2 Å². The number of guanidine groups is 1. The highest BCUT2D eigenvalue weighted by atomic mass is 32.1. The first kappa shape index (κ1) is 19.2. The molecule has 0 aliphatic carbocycles. The van der Waals surface area contributed by atoms with Crippen LogP contribution in [0.2, 0.25) is 0 Å². The lowest BCUT2D eigenvalue weighted by atomic mass is 10.1. The number of thiophene rings is 1. The van der Waals surface area contributed by atoms with E-state index in [2.05, 4.69) is 71.0 Å². The van der Waals surface area contributed by atoms with E-state index in [-0.39, 0.29) is 0 Å². The zero-order chi connectivity index (χ0) is 19.1. The van der Waals surface area contributed by atoms with Crippen molar-refractivity contribution >= 4 is 17.3 Å². The summed E-state index contributed by atoms with van der Waals surface area (Å²) in [5.41, 5.74) is 3.01. The Balaban J connectivity index is 1.60. The number of benzene rings is 1. The third-order valence-electron chi connectivity index (χ3n) is 4.20. The quantitative estimate of drug-likeness (QED) is 0.464. The van der Waals surface area contributed by atoms with Crippen LogP contribution in [0.5, 0.6) is 0 Å². The fourth-order valence-corrected chi connectivity index (χ4v) is 3.42. The minimum atomic E-state index is 0.439. The zero-order valence-electron chi connectivity index (χ0n) is 16.0. The van der Waals surface area contributed by atoms with Crippen LogP contribution < -0.4 is 10.6 Å². The van der Waals surface area contributed by atoms with Gasteiger partial charge >= 0.3 is 0 Å². The number of oxazole rings is 1. The van der Waals surface area contributed by atoms with Crippen LogP contribution in [0.1, 0.15) is 35.9 Å². The van der Waals surface area contributed by atoms with E-state index in [1.807, 2.05) is 12.1 Å². The van der Waals surface area contributed by atoms with Crippen LogP contribution in [0, 0.1) is 6.92 Å². The molecule has 0 saturated heterocycles. The van der Waals surface area contributed by atoms with E-state index in [1.54, 1.807) is 17.6 Å². The second kappa shape index (κ2) is 9.37. The first-order chi connectivity index (χ1) is 13.2. The van der Waals surface area contributed by atoms with Crippen LogP contribution in [-0.4, -0.2) is 24.0 Å². The van der Waals surface area contributed by atoms with Gasteiger partial charge in [-0.2, -0.15) is 0 Å². The predicted molar refractivity (Wildman–Crippen MR) is 112 cm³/mol. The zero-order valence-corrected chi connectivity index (χ0v) is 16.8. The van der Waals surface area contributed by atoms with Gasteiger partial charge in [0.2, 0.25) is 5.89 Å². The fourth-order valence-electron chi connectivity index (χ4n) is 2.63. The van der Waals surface area contributed by atoms with Crippen molar-refractivity contribution in [2.75, 3.05) is 13.1 Å². The van der Waals surface area contributed by atoms with Crippen LogP contribution in [-0.2, 0) is 6.54 Å². The van der Waals surface area contributed by atoms with E-state index in [1.165, 1.54) is 10.4 Å². The summed E-state index contributed by atoms with van der Waals surface area (Å²) < 4.78 is 5.61. The van der Waals surface area contributed by atoms with Crippen molar-refractivity contribution in [1.82, 2.24) is 15.6 Å². The monoisotopic (exact) mass is 382 g/mol. The maximum absolute atomic E-state index is 5.61. The lowest BCUT2D eigenvalue weighted by molar-refractivity contribution is 0.572. The third-order valence-corrected chi connectivity index (χ3v) is 5.30. The Morgan fingerprint density at radius 1 is 1.22 bits per heavy atom. The molecule has 3 rings (SSSR count). The Kier molecular flexibility index (Phi) is 6.65. The second-order valence-corrected chi connectivity index (χ2v) is 7.48. The summed E-state index contributed by atoms with van der Waals surface area (Å²) in [6.45, 7) is 8.46. The summed E-state index contributed by atoms with van der Waals surface area (Å²) >= 11 is 1.79. The van der Waals surface area contributed by atoms with Gasteiger partial charge in [-0.25, -0.2) is 9.98 Å². The van der Waals surface area contributed by atoms with Gasteiger partial charge < -0.3 is 15.1 Å². The Morgan fingerprint density at radius 3 is 2.74 bits per heavy atom. The number of aliphatic imine (C=N–C) groups is 1. The Bertz CT molecular complexity index is 853. The highest BCUT2D eigenvalue weighted by molar-refractivity contribution is 7.10. The molecule has 1 unspecified atom stereocenters. The molecular formula is C21H26N4OS.